The fourth-order valence-corrected chi connectivity index (χ4v) is 5.77. The van der Waals surface area contributed by atoms with Gasteiger partial charge in [-0.15, -0.1) is 0 Å². The number of phosphoric acid groups is 1. The number of esters is 1. The number of rotatable bonds is 37. The molecule has 0 amide bonds. The SMILES string of the molecule is CCC=CCC=CCC(O)C=CC=CCC=CCCCC(=O)OC(COC=CCC=CCCCCCCCCCCCCC)COP(=O)(O)OCCN. The summed E-state index contributed by atoms with van der Waals surface area (Å²) in [5.41, 5.74) is 5.34. The van der Waals surface area contributed by atoms with E-state index in [-0.39, 0.29) is 32.8 Å². The summed E-state index contributed by atoms with van der Waals surface area (Å²) in [6.45, 7) is 3.90. The minimum absolute atomic E-state index is 0.0351. The quantitative estimate of drug-likeness (QED) is 0.0141. The second-order valence-corrected chi connectivity index (χ2v) is 14.5. The molecule has 3 atom stereocenters. The fourth-order valence-electron chi connectivity index (χ4n) is 5.01. The van der Waals surface area contributed by atoms with E-state index in [9.17, 15) is 19.4 Å². The summed E-state index contributed by atoms with van der Waals surface area (Å²) in [4.78, 5) is 22.4. The van der Waals surface area contributed by atoms with E-state index in [1.54, 1.807) is 12.3 Å². The highest BCUT2D eigenvalue weighted by Crippen LogP contribution is 2.43. The van der Waals surface area contributed by atoms with E-state index in [1.807, 2.05) is 42.5 Å². The van der Waals surface area contributed by atoms with Crippen molar-refractivity contribution in [3.63, 3.8) is 0 Å². The Bertz CT molecular complexity index is 1100. The van der Waals surface area contributed by atoms with Crippen LogP contribution in [0.3, 0.4) is 0 Å². The molecule has 0 saturated heterocycles. The van der Waals surface area contributed by atoms with E-state index >= 15 is 0 Å². The number of carbonyl (C=O) groups excluding carboxylic acids is 1. The van der Waals surface area contributed by atoms with Crippen LogP contribution in [0.4, 0.5) is 0 Å². The third kappa shape index (κ3) is 39.0. The molecular formula is C43H74NO8P. The van der Waals surface area contributed by atoms with Crippen LogP contribution in [0.15, 0.2) is 85.3 Å². The number of allylic oxidation sites excluding steroid dienone is 11. The lowest BCUT2D eigenvalue weighted by atomic mass is 10.1. The lowest BCUT2D eigenvalue weighted by Crippen LogP contribution is -2.27. The second kappa shape index (κ2) is 39.2. The number of aliphatic hydroxyl groups is 1. The average molecular weight is 764 g/mol. The van der Waals surface area contributed by atoms with Crippen molar-refractivity contribution in [2.24, 2.45) is 5.73 Å². The minimum atomic E-state index is -4.33. The molecule has 0 bridgehead atoms. The lowest BCUT2D eigenvalue weighted by Gasteiger charge is -2.19. The van der Waals surface area contributed by atoms with Crippen molar-refractivity contribution in [1.29, 1.82) is 0 Å². The van der Waals surface area contributed by atoms with Crippen molar-refractivity contribution < 1.29 is 37.9 Å². The third-order valence-electron chi connectivity index (χ3n) is 7.97. The molecule has 0 aliphatic rings. The van der Waals surface area contributed by atoms with Gasteiger partial charge in [-0.2, -0.15) is 0 Å². The molecule has 0 aromatic heterocycles. The Morgan fingerprint density at radius 1 is 0.698 bits per heavy atom. The van der Waals surface area contributed by atoms with Gasteiger partial charge in [0.05, 0.1) is 25.6 Å². The van der Waals surface area contributed by atoms with Crippen LogP contribution < -0.4 is 5.73 Å². The van der Waals surface area contributed by atoms with E-state index < -0.39 is 26.0 Å². The zero-order valence-electron chi connectivity index (χ0n) is 33.1. The van der Waals surface area contributed by atoms with Crippen LogP contribution in [0.25, 0.3) is 0 Å². The van der Waals surface area contributed by atoms with Crippen LogP contribution in [-0.2, 0) is 27.9 Å². The van der Waals surface area contributed by atoms with Crippen LogP contribution in [0.1, 0.15) is 142 Å². The zero-order chi connectivity index (χ0) is 38.9. The largest absolute Gasteiger partial charge is 0.498 e. The molecule has 0 radical (unpaired) electrons. The summed E-state index contributed by atoms with van der Waals surface area (Å²) in [5.74, 6) is -0.448. The number of hydrogen-bond acceptors (Lipinski definition) is 8. The lowest BCUT2D eigenvalue weighted by molar-refractivity contribution is -0.153. The Hall–Kier alpha value is -2.52. The number of hydrogen-bond donors (Lipinski definition) is 3. The molecule has 0 heterocycles. The van der Waals surface area contributed by atoms with Gasteiger partial charge in [-0.1, -0.05) is 151 Å². The van der Waals surface area contributed by atoms with Gasteiger partial charge in [-0.25, -0.2) is 4.57 Å². The highest BCUT2D eigenvalue weighted by atomic mass is 31.2. The summed E-state index contributed by atoms with van der Waals surface area (Å²) in [7, 11) is -4.33. The predicted molar refractivity (Wildman–Crippen MR) is 220 cm³/mol. The van der Waals surface area contributed by atoms with Crippen LogP contribution >= 0.6 is 7.82 Å². The molecule has 0 spiro atoms. The number of nitrogens with two attached hydrogens (primary N) is 1. The highest BCUT2D eigenvalue weighted by Gasteiger charge is 2.25. The predicted octanol–water partition coefficient (Wildman–Crippen LogP) is 11.1. The summed E-state index contributed by atoms with van der Waals surface area (Å²) in [6.07, 6.45) is 47.4. The first-order valence-corrected chi connectivity index (χ1v) is 21.7. The maximum atomic E-state index is 12.5. The first kappa shape index (κ1) is 50.5. The van der Waals surface area contributed by atoms with Crippen molar-refractivity contribution in [2.45, 2.75) is 154 Å². The monoisotopic (exact) mass is 764 g/mol. The van der Waals surface area contributed by atoms with Crippen molar-refractivity contribution in [1.82, 2.24) is 0 Å². The van der Waals surface area contributed by atoms with Gasteiger partial charge < -0.3 is 25.2 Å². The van der Waals surface area contributed by atoms with Crippen molar-refractivity contribution in [3.8, 4) is 0 Å². The molecule has 53 heavy (non-hydrogen) atoms. The molecule has 10 heteroatoms. The van der Waals surface area contributed by atoms with Crippen LogP contribution in [0, 0.1) is 0 Å². The normalized spacial score (nSPS) is 15.0. The molecule has 0 saturated carbocycles. The third-order valence-corrected chi connectivity index (χ3v) is 8.96. The Balaban J connectivity index is 4.36. The van der Waals surface area contributed by atoms with E-state index in [0.29, 0.717) is 19.3 Å². The van der Waals surface area contributed by atoms with Gasteiger partial charge in [0, 0.05) is 13.0 Å². The minimum Gasteiger partial charge on any atom is -0.498 e. The van der Waals surface area contributed by atoms with Gasteiger partial charge in [0.25, 0.3) is 0 Å². The number of aliphatic hydroxyl groups excluding tert-OH is 1. The topological polar surface area (TPSA) is 138 Å². The van der Waals surface area contributed by atoms with E-state index in [0.717, 1.165) is 32.1 Å². The smallest absolute Gasteiger partial charge is 0.472 e. The highest BCUT2D eigenvalue weighted by molar-refractivity contribution is 7.47. The van der Waals surface area contributed by atoms with E-state index in [1.165, 1.54) is 70.6 Å². The van der Waals surface area contributed by atoms with Gasteiger partial charge in [0.2, 0.25) is 0 Å². The van der Waals surface area contributed by atoms with E-state index in [2.05, 4.69) is 44.2 Å². The molecule has 0 aromatic rings. The summed E-state index contributed by atoms with van der Waals surface area (Å²) in [6, 6.07) is 0. The van der Waals surface area contributed by atoms with Gasteiger partial charge in [-0.3, -0.25) is 13.8 Å². The molecule has 0 fully saturated rings. The molecule has 9 nitrogen and oxygen atoms in total. The fraction of sp³-hybridized carbons (Fsp3) is 0.651. The second-order valence-electron chi connectivity index (χ2n) is 13.0. The van der Waals surface area contributed by atoms with Gasteiger partial charge in [0.15, 0.2) is 6.10 Å². The number of carbonyl (C=O) groups is 1. The molecule has 304 valence electrons. The number of unbranched alkanes of at least 4 members (excludes halogenated alkanes) is 12. The molecule has 0 aliphatic heterocycles. The number of phosphoric ester groups is 1. The summed E-state index contributed by atoms with van der Waals surface area (Å²) < 4.78 is 33.0. The Labute approximate surface area is 322 Å². The Morgan fingerprint density at radius 3 is 1.98 bits per heavy atom. The molecular weight excluding hydrogens is 689 g/mol. The van der Waals surface area contributed by atoms with Crippen molar-refractivity contribution in [3.05, 3.63) is 85.3 Å². The van der Waals surface area contributed by atoms with Crippen molar-refractivity contribution in [2.75, 3.05) is 26.4 Å². The van der Waals surface area contributed by atoms with Crippen molar-refractivity contribution >= 4 is 13.8 Å². The standard InChI is InChI=1S/C43H74NO8P/c1-3-5-7-9-11-12-13-14-15-16-17-18-21-24-28-32-37-49-39-42(40-51-53(47,48)50-38-36-44)52-43(46)35-31-27-23-20-19-22-26-30-34-41(45)33-29-25-10-8-6-4-2/h6,8,20-26,29-30,32,34,37,41-42,45H,3-5,7,9-19,27-28,31,33,35-36,38-40,44H2,1-2H3,(H,47,48). The molecule has 0 aliphatic carbocycles. The average Bonchev–Trinajstić information content (AvgIpc) is 3.14. The Kier molecular flexibility index (Phi) is 37.3. The molecule has 3 unspecified atom stereocenters. The zero-order valence-corrected chi connectivity index (χ0v) is 34.0. The maximum absolute atomic E-state index is 12.5. The molecule has 0 rings (SSSR count). The summed E-state index contributed by atoms with van der Waals surface area (Å²) in [5, 5.41) is 10.0. The van der Waals surface area contributed by atoms with Gasteiger partial charge in [-0.05, 0) is 63.9 Å². The molecule has 4 N–H and O–H groups in total. The van der Waals surface area contributed by atoms with Crippen LogP contribution in [0.2, 0.25) is 0 Å². The first-order valence-electron chi connectivity index (χ1n) is 20.2. The number of ether oxygens (including phenoxy) is 2. The molecule has 0 aromatic carbocycles. The van der Waals surface area contributed by atoms with Gasteiger partial charge >= 0.3 is 13.8 Å². The first-order chi connectivity index (χ1) is 25.8. The summed E-state index contributed by atoms with van der Waals surface area (Å²) >= 11 is 0. The van der Waals surface area contributed by atoms with Crippen LogP contribution in [-0.4, -0.2) is 54.5 Å². The van der Waals surface area contributed by atoms with E-state index in [4.69, 9.17) is 24.3 Å². The Morgan fingerprint density at radius 2 is 1.30 bits per heavy atom. The van der Waals surface area contributed by atoms with Crippen LogP contribution in [0.5, 0.6) is 0 Å². The maximum Gasteiger partial charge on any atom is 0.472 e. The van der Waals surface area contributed by atoms with Gasteiger partial charge in [0.1, 0.15) is 6.61 Å².